The van der Waals surface area contributed by atoms with Crippen LogP contribution in [0.4, 0.5) is 0 Å². The van der Waals surface area contributed by atoms with Crippen LogP contribution in [0.15, 0.2) is 29.8 Å². The van der Waals surface area contributed by atoms with Crippen molar-refractivity contribution in [3.63, 3.8) is 0 Å². The van der Waals surface area contributed by atoms with E-state index in [0.29, 0.717) is 17.1 Å². The van der Waals surface area contributed by atoms with E-state index in [1.54, 1.807) is 5.57 Å². The van der Waals surface area contributed by atoms with Crippen molar-refractivity contribution in [1.82, 2.24) is 10.2 Å². The van der Waals surface area contributed by atoms with Gasteiger partial charge in [0.2, 0.25) is 0 Å². The fourth-order valence-electron chi connectivity index (χ4n) is 7.12. The summed E-state index contributed by atoms with van der Waals surface area (Å²) in [7, 11) is 0. The van der Waals surface area contributed by atoms with Crippen LogP contribution in [0.3, 0.4) is 0 Å². The maximum Gasteiger partial charge on any atom is 0.115 e. The van der Waals surface area contributed by atoms with Gasteiger partial charge >= 0.3 is 0 Å². The number of hydrogen-bond donors (Lipinski definition) is 2. The van der Waals surface area contributed by atoms with Crippen LogP contribution < -0.4 is 5.32 Å². The van der Waals surface area contributed by atoms with Gasteiger partial charge in [-0.2, -0.15) is 0 Å². The number of aromatic hydroxyl groups is 1. The van der Waals surface area contributed by atoms with Gasteiger partial charge in [-0.1, -0.05) is 24.6 Å². The van der Waals surface area contributed by atoms with Crippen LogP contribution in [0.1, 0.15) is 56.1 Å². The van der Waals surface area contributed by atoms with Crippen LogP contribution >= 0.6 is 0 Å². The van der Waals surface area contributed by atoms with Gasteiger partial charge < -0.3 is 15.2 Å². The molecule has 0 aromatic heterocycles. The number of phenols is 1. The molecule has 1 aromatic rings. The van der Waals surface area contributed by atoms with Gasteiger partial charge in [0.25, 0.3) is 0 Å². The SMILES string of the molecule is C[C@]12CC[C@@H]3c4ccc(O)cc4CC[C@H]3[C@@H]1CC/C2=C\COCCN1CCNCC1. The number of hydrogen-bond acceptors (Lipinski definition) is 4. The Balaban J connectivity index is 1.20. The third-order valence-corrected chi connectivity index (χ3v) is 8.77. The molecule has 0 radical (unpaired) electrons. The zero-order valence-electron chi connectivity index (χ0n) is 18.5. The maximum absolute atomic E-state index is 9.88. The van der Waals surface area contributed by atoms with E-state index in [-0.39, 0.29) is 0 Å². The number of fused-ring (bicyclic) bond motifs is 5. The van der Waals surface area contributed by atoms with Crippen molar-refractivity contribution < 1.29 is 9.84 Å². The van der Waals surface area contributed by atoms with E-state index in [0.717, 1.165) is 64.2 Å². The summed E-state index contributed by atoms with van der Waals surface area (Å²) >= 11 is 0. The van der Waals surface area contributed by atoms with E-state index in [9.17, 15) is 5.11 Å². The lowest BCUT2D eigenvalue weighted by Gasteiger charge is -2.49. The summed E-state index contributed by atoms with van der Waals surface area (Å²) in [5, 5.41) is 13.3. The number of phenolic OH excluding ortho intramolecular Hbond substituents is 1. The molecule has 1 saturated heterocycles. The lowest BCUT2D eigenvalue weighted by molar-refractivity contribution is 0.0797. The fourth-order valence-corrected chi connectivity index (χ4v) is 7.12. The van der Waals surface area contributed by atoms with Crippen molar-refractivity contribution in [2.24, 2.45) is 17.3 Å². The van der Waals surface area contributed by atoms with Crippen LogP contribution in [0.25, 0.3) is 0 Å². The molecule has 0 unspecified atom stereocenters. The monoisotopic (exact) mass is 410 g/mol. The normalized spacial score (nSPS) is 35.1. The Morgan fingerprint density at radius 3 is 2.93 bits per heavy atom. The molecule has 2 N–H and O–H groups in total. The molecular formula is C26H38N2O2. The van der Waals surface area contributed by atoms with Gasteiger partial charge in [-0.25, -0.2) is 0 Å². The molecule has 1 aromatic carbocycles. The lowest BCUT2D eigenvalue weighted by Crippen LogP contribution is -2.44. The minimum Gasteiger partial charge on any atom is -0.508 e. The van der Waals surface area contributed by atoms with E-state index in [2.05, 4.69) is 29.3 Å². The third kappa shape index (κ3) is 3.83. The zero-order chi connectivity index (χ0) is 20.6. The molecule has 4 nitrogen and oxygen atoms in total. The van der Waals surface area contributed by atoms with Crippen LogP contribution in [0.2, 0.25) is 0 Å². The average molecular weight is 411 g/mol. The smallest absolute Gasteiger partial charge is 0.115 e. The Labute approximate surface area is 181 Å². The van der Waals surface area contributed by atoms with Gasteiger partial charge in [-0.05, 0) is 85.0 Å². The molecular weight excluding hydrogens is 372 g/mol. The molecule has 30 heavy (non-hydrogen) atoms. The summed E-state index contributed by atoms with van der Waals surface area (Å²) in [6.45, 7) is 9.74. The number of aryl methyl sites for hydroxylation is 1. The van der Waals surface area contributed by atoms with Crippen LogP contribution in [-0.2, 0) is 11.2 Å². The standard InChI is InChI=1S/C26H38N2O2/c1-26-10-8-23-22-6-4-21(29)18-19(22)2-5-24(23)25(26)7-3-20(26)9-16-30-17-15-28-13-11-27-12-14-28/h4,6,9,18,23-25,27,29H,2-3,5,7-8,10-17H2,1H3/b20-9+/t23-,24-,25+,26-/m1/s1. The molecule has 1 aliphatic heterocycles. The van der Waals surface area contributed by atoms with Crippen LogP contribution in [-0.4, -0.2) is 55.9 Å². The van der Waals surface area contributed by atoms with Gasteiger partial charge in [-0.15, -0.1) is 0 Å². The Hall–Kier alpha value is -1.36. The molecule has 3 fully saturated rings. The maximum atomic E-state index is 9.88. The van der Waals surface area contributed by atoms with Gasteiger partial charge in [0.05, 0.1) is 13.2 Å². The van der Waals surface area contributed by atoms with Crippen molar-refractivity contribution in [2.75, 3.05) is 45.9 Å². The highest BCUT2D eigenvalue weighted by molar-refractivity contribution is 5.40. The number of ether oxygens (including phenoxy) is 1. The predicted octanol–water partition coefficient (Wildman–Crippen LogP) is 4.10. The van der Waals surface area contributed by atoms with Gasteiger partial charge in [0.1, 0.15) is 5.75 Å². The van der Waals surface area contributed by atoms with Crippen molar-refractivity contribution in [3.05, 3.63) is 41.0 Å². The average Bonchev–Trinajstić information content (AvgIpc) is 3.10. The molecule has 164 valence electrons. The van der Waals surface area contributed by atoms with Crippen molar-refractivity contribution in [2.45, 2.75) is 51.4 Å². The largest absolute Gasteiger partial charge is 0.508 e. The Bertz CT molecular complexity index is 785. The van der Waals surface area contributed by atoms with Crippen molar-refractivity contribution >= 4 is 0 Å². The second-order valence-corrected chi connectivity index (χ2v) is 10.2. The molecule has 0 amide bonds. The van der Waals surface area contributed by atoms with Crippen LogP contribution in [0, 0.1) is 17.3 Å². The molecule has 5 rings (SSSR count). The number of allylic oxidation sites excluding steroid dienone is 1. The zero-order valence-corrected chi connectivity index (χ0v) is 18.5. The number of nitrogens with zero attached hydrogens (tertiary/aromatic N) is 1. The molecule has 4 aliphatic rings. The molecule has 0 bridgehead atoms. The molecule has 0 spiro atoms. The molecule has 3 aliphatic carbocycles. The highest BCUT2D eigenvalue weighted by atomic mass is 16.5. The predicted molar refractivity (Wildman–Crippen MR) is 121 cm³/mol. The Kier molecular flexibility index (Phi) is 5.92. The number of rotatable bonds is 5. The van der Waals surface area contributed by atoms with E-state index in [1.807, 2.05) is 12.1 Å². The first kappa shape index (κ1) is 20.5. The number of benzene rings is 1. The Morgan fingerprint density at radius 1 is 1.20 bits per heavy atom. The number of nitrogens with one attached hydrogen (secondary N) is 1. The molecule has 1 heterocycles. The molecule has 4 atom stereocenters. The summed E-state index contributed by atoms with van der Waals surface area (Å²) in [6, 6.07) is 6.12. The quantitative estimate of drug-likeness (QED) is 0.567. The first-order valence-corrected chi connectivity index (χ1v) is 12.2. The Morgan fingerprint density at radius 2 is 2.07 bits per heavy atom. The van der Waals surface area contributed by atoms with Crippen molar-refractivity contribution in [3.8, 4) is 5.75 Å². The van der Waals surface area contributed by atoms with E-state index in [1.165, 1.54) is 43.2 Å². The van der Waals surface area contributed by atoms with Gasteiger partial charge in [0, 0.05) is 32.7 Å². The minimum atomic E-state index is 0.373. The summed E-state index contributed by atoms with van der Waals surface area (Å²) in [4.78, 5) is 2.50. The summed E-state index contributed by atoms with van der Waals surface area (Å²) in [5.74, 6) is 2.74. The number of piperazine rings is 1. The van der Waals surface area contributed by atoms with Gasteiger partial charge in [0.15, 0.2) is 0 Å². The highest BCUT2D eigenvalue weighted by Crippen LogP contribution is 2.62. The van der Waals surface area contributed by atoms with E-state index in [4.69, 9.17) is 4.74 Å². The summed E-state index contributed by atoms with van der Waals surface area (Å²) in [5.41, 5.74) is 4.97. The van der Waals surface area contributed by atoms with Crippen molar-refractivity contribution in [1.29, 1.82) is 0 Å². The highest BCUT2D eigenvalue weighted by Gasteiger charge is 2.52. The second-order valence-electron chi connectivity index (χ2n) is 10.2. The fraction of sp³-hybridized carbons (Fsp3) is 0.692. The summed E-state index contributed by atoms with van der Waals surface area (Å²) in [6.07, 6.45) is 10.0. The lowest BCUT2D eigenvalue weighted by atomic mass is 9.55. The minimum absolute atomic E-state index is 0.373. The van der Waals surface area contributed by atoms with E-state index < -0.39 is 0 Å². The van der Waals surface area contributed by atoms with E-state index >= 15 is 0 Å². The third-order valence-electron chi connectivity index (χ3n) is 8.77. The molecule has 2 saturated carbocycles. The topological polar surface area (TPSA) is 44.7 Å². The first-order valence-electron chi connectivity index (χ1n) is 12.2. The summed E-state index contributed by atoms with van der Waals surface area (Å²) < 4.78 is 6.03. The van der Waals surface area contributed by atoms with Gasteiger partial charge in [-0.3, -0.25) is 4.90 Å². The molecule has 4 heteroatoms. The van der Waals surface area contributed by atoms with Crippen LogP contribution in [0.5, 0.6) is 5.75 Å². The second kappa shape index (κ2) is 8.64. The first-order chi connectivity index (χ1) is 14.6.